The molecule has 8 nitrogen and oxygen atoms in total. The number of urea groups is 1. The highest BCUT2D eigenvalue weighted by Gasteiger charge is 2.56. The van der Waals surface area contributed by atoms with E-state index in [0.717, 1.165) is 30.1 Å². The Bertz CT molecular complexity index is 797. The van der Waals surface area contributed by atoms with Gasteiger partial charge in [0.2, 0.25) is 0 Å². The van der Waals surface area contributed by atoms with Crippen LogP contribution >= 0.6 is 0 Å². The van der Waals surface area contributed by atoms with Gasteiger partial charge in [0.25, 0.3) is 5.91 Å². The Morgan fingerprint density at radius 1 is 1.26 bits per heavy atom. The molecule has 3 unspecified atom stereocenters. The van der Waals surface area contributed by atoms with Gasteiger partial charge in [-0.2, -0.15) is 0 Å². The Balaban J connectivity index is 1.66. The SMILES string of the molecule is CC(=O)CN1C(=O)C2C(NC3N(c4cccc(C)c4)CCCN23)N(C)C1=O. The zero-order valence-corrected chi connectivity index (χ0v) is 15.9. The van der Waals surface area contributed by atoms with Crippen molar-refractivity contribution in [2.24, 2.45) is 0 Å². The van der Waals surface area contributed by atoms with Gasteiger partial charge in [0.05, 0.1) is 6.54 Å². The quantitative estimate of drug-likeness (QED) is 0.837. The third-order valence-corrected chi connectivity index (χ3v) is 5.58. The third kappa shape index (κ3) is 2.89. The van der Waals surface area contributed by atoms with Crippen LogP contribution in [0.1, 0.15) is 18.9 Å². The van der Waals surface area contributed by atoms with E-state index in [1.807, 2.05) is 6.07 Å². The van der Waals surface area contributed by atoms with E-state index in [4.69, 9.17) is 0 Å². The Hall–Kier alpha value is -2.45. The molecule has 3 amide bonds. The molecule has 3 atom stereocenters. The van der Waals surface area contributed by atoms with Crippen molar-refractivity contribution in [3.05, 3.63) is 29.8 Å². The molecule has 3 fully saturated rings. The molecule has 3 heterocycles. The van der Waals surface area contributed by atoms with Crippen molar-refractivity contribution in [2.75, 3.05) is 31.6 Å². The number of hydrogen-bond acceptors (Lipinski definition) is 6. The summed E-state index contributed by atoms with van der Waals surface area (Å²) in [5, 5.41) is 3.47. The van der Waals surface area contributed by atoms with E-state index in [1.165, 1.54) is 12.5 Å². The average molecular weight is 371 g/mol. The Labute approximate surface area is 158 Å². The minimum absolute atomic E-state index is 0.160. The van der Waals surface area contributed by atoms with Crippen LogP contribution in [0.25, 0.3) is 0 Å². The lowest BCUT2D eigenvalue weighted by molar-refractivity contribution is -0.141. The maximum atomic E-state index is 13.1. The number of imide groups is 1. The first-order chi connectivity index (χ1) is 12.9. The normalized spacial score (nSPS) is 28.4. The van der Waals surface area contributed by atoms with Crippen LogP contribution in [0.5, 0.6) is 0 Å². The number of Topliss-reactive ketones (excluding diaryl/α,β-unsaturated/α-hetero) is 1. The van der Waals surface area contributed by atoms with Gasteiger partial charge < -0.3 is 9.80 Å². The standard InChI is InChI=1S/C19H25N5O3/c1-12-6-4-7-14(10-12)22-8-5-9-23-15-16(20-18(22)23)21(3)19(27)24(17(15)26)11-13(2)25/h4,6-7,10,15-16,18,20H,5,8-9,11H2,1-3H3. The molecule has 3 aliphatic rings. The maximum absolute atomic E-state index is 13.1. The fraction of sp³-hybridized carbons (Fsp3) is 0.526. The molecular formula is C19H25N5O3. The van der Waals surface area contributed by atoms with Crippen LogP contribution in [-0.2, 0) is 9.59 Å². The highest BCUT2D eigenvalue weighted by atomic mass is 16.2. The number of aryl methyl sites for hydroxylation is 1. The summed E-state index contributed by atoms with van der Waals surface area (Å²) >= 11 is 0. The van der Waals surface area contributed by atoms with E-state index in [0.29, 0.717) is 0 Å². The molecule has 3 aliphatic heterocycles. The summed E-state index contributed by atoms with van der Waals surface area (Å²) in [5.41, 5.74) is 2.27. The number of benzene rings is 1. The van der Waals surface area contributed by atoms with Crippen LogP contribution in [0.4, 0.5) is 10.5 Å². The Morgan fingerprint density at radius 3 is 2.74 bits per heavy atom. The summed E-state index contributed by atoms with van der Waals surface area (Å²) < 4.78 is 0. The molecule has 4 rings (SSSR count). The first-order valence-corrected chi connectivity index (χ1v) is 9.31. The number of nitrogens with one attached hydrogen (secondary N) is 1. The molecule has 1 aromatic rings. The average Bonchev–Trinajstić information content (AvgIpc) is 3.03. The smallest absolute Gasteiger partial charge is 0.328 e. The third-order valence-electron chi connectivity index (χ3n) is 5.58. The minimum atomic E-state index is -0.482. The number of amides is 3. The van der Waals surface area contributed by atoms with Gasteiger partial charge in [0, 0.05) is 25.8 Å². The molecule has 1 aromatic carbocycles. The lowest BCUT2D eigenvalue weighted by Crippen LogP contribution is -2.66. The van der Waals surface area contributed by atoms with E-state index >= 15 is 0 Å². The molecular weight excluding hydrogens is 346 g/mol. The summed E-state index contributed by atoms with van der Waals surface area (Å²) in [6, 6.07) is 7.38. The van der Waals surface area contributed by atoms with Gasteiger partial charge in [0.1, 0.15) is 24.3 Å². The largest absolute Gasteiger partial charge is 0.343 e. The van der Waals surface area contributed by atoms with Crippen LogP contribution in [-0.4, -0.2) is 77.6 Å². The number of anilines is 1. The van der Waals surface area contributed by atoms with Crippen LogP contribution in [0.2, 0.25) is 0 Å². The molecule has 3 saturated heterocycles. The zero-order chi connectivity index (χ0) is 19.3. The highest BCUT2D eigenvalue weighted by molar-refractivity contribution is 6.03. The topological polar surface area (TPSA) is 76.2 Å². The van der Waals surface area contributed by atoms with Crippen molar-refractivity contribution in [1.82, 2.24) is 20.0 Å². The molecule has 0 aliphatic carbocycles. The summed E-state index contributed by atoms with van der Waals surface area (Å²) in [6.45, 7) is 4.92. The minimum Gasteiger partial charge on any atom is -0.343 e. The highest BCUT2D eigenvalue weighted by Crippen LogP contribution is 2.33. The van der Waals surface area contributed by atoms with Crippen molar-refractivity contribution in [2.45, 2.75) is 38.8 Å². The number of carbonyl (C=O) groups is 3. The predicted molar refractivity (Wildman–Crippen MR) is 99.9 cm³/mol. The van der Waals surface area contributed by atoms with Crippen molar-refractivity contribution in [3.63, 3.8) is 0 Å². The summed E-state index contributed by atoms with van der Waals surface area (Å²) in [4.78, 5) is 44.2. The van der Waals surface area contributed by atoms with Crippen LogP contribution in [0, 0.1) is 6.92 Å². The first kappa shape index (κ1) is 17.9. The number of nitrogens with zero attached hydrogens (tertiary/aromatic N) is 4. The summed E-state index contributed by atoms with van der Waals surface area (Å²) in [7, 11) is 1.68. The molecule has 1 N–H and O–H groups in total. The van der Waals surface area contributed by atoms with Gasteiger partial charge in [-0.15, -0.1) is 0 Å². The van der Waals surface area contributed by atoms with Crippen LogP contribution < -0.4 is 10.2 Å². The second kappa shape index (κ2) is 6.61. The molecule has 0 aromatic heterocycles. The van der Waals surface area contributed by atoms with Gasteiger partial charge in [0.15, 0.2) is 0 Å². The van der Waals surface area contributed by atoms with E-state index in [-0.39, 0.29) is 24.5 Å². The molecule has 0 saturated carbocycles. The Kier molecular flexibility index (Phi) is 4.39. The lowest BCUT2D eigenvalue weighted by Gasteiger charge is -2.43. The van der Waals surface area contributed by atoms with Gasteiger partial charge in [-0.3, -0.25) is 24.7 Å². The maximum Gasteiger partial charge on any atom is 0.328 e. The lowest BCUT2D eigenvalue weighted by atomic mass is 10.1. The monoisotopic (exact) mass is 371 g/mol. The van der Waals surface area contributed by atoms with Gasteiger partial charge in [-0.25, -0.2) is 4.79 Å². The number of carbonyl (C=O) groups excluding carboxylic acids is 3. The van der Waals surface area contributed by atoms with Crippen LogP contribution in [0.15, 0.2) is 24.3 Å². The number of rotatable bonds is 3. The first-order valence-electron chi connectivity index (χ1n) is 9.31. The fourth-order valence-electron chi connectivity index (χ4n) is 4.36. The second-order valence-electron chi connectivity index (χ2n) is 7.57. The Morgan fingerprint density at radius 2 is 2.04 bits per heavy atom. The molecule has 144 valence electrons. The van der Waals surface area contributed by atoms with E-state index in [2.05, 4.69) is 40.2 Å². The van der Waals surface area contributed by atoms with Crippen LogP contribution in [0.3, 0.4) is 0 Å². The molecule has 8 heteroatoms. The number of likely N-dealkylation sites (N-methyl/N-ethyl adjacent to an activating group) is 1. The second-order valence-corrected chi connectivity index (χ2v) is 7.57. The van der Waals surface area contributed by atoms with E-state index in [1.54, 1.807) is 11.9 Å². The van der Waals surface area contributed by atoms with Gasteiger partial charge >= 0.3 is 6.03 Å². The van der Waals surface area contributed by atoms with Crippen molar-refractivity contribution in [3.8, 4) is 0 Å². The van der Waals surface area contributed by atoms with E-state index < -0.39 is 18.2 Å². The van der Waals surface area contributed by atoms with E-state index in [9.17, 15) is 14.4 Å². The molecule has 0 radical (unpaired) electrons. The molecule has 0 bridgehead atoms. The molecule has 0 spiro atoms. The van der Waals surface area contributed by atoms with Gasteiger partial charge in [-0.1, -0.05) is 12.1 Å². The summed E-state index contributed by atoms with van der Waals surface area (Å²) in [6.07, 6.45) is 0.364. The van der Waals surface area contributed by atoms with Crippen molar-refractivity contribution < 1.29 is 14.4 Å². The number of ketones is 1. The van der Waals surface area contributed by atoms with Gasteiger partial charge in [-0.05, 0) is 38.0 Å². The predicted octanol–water partition coefficient (Wildman–Crippen LogP) is 0.572. The van der Waals surface area contributed by atoms with Crippen molar-refractivity contribution in [1.29, 1.82) is 0 Å². The summed E-state index contributed by atoms with van der Waals surface area (Å²) in [5.74, 6) is -0.495. The zero-order valence-electron chi connectivity index (χ0n) is 15.9. The fourth-order valence-corrected chi connectivity index (χ4v) is 4.36. The molecule has 27 heavy (non-hydrogen) atoms. The van der Waals surface area contributed by atoms with Crippen molar-refractivity contribution >= 4 is 23.4 Å². The number of hydrogen-bond donors (Lipinski definition) is 1. The number of fused-ring (bicyclic) bond motifs is 3.